The van der Waals surface area contributed by atoms with Gasteiger partial charge in [0.05, 0.1) is 19.4 Å². The minimum atomic E-state index is 0.645. The highest BCUT2D eigenvalue weighted by Gasteiger charge is 2.14. The number of morpholine rings is 1. The molecule has 6 nitrogen and oxygen atoms in total. The van der Waals surface area contributed by atoms with Crippen LogP contribution >= 0.6 is 0 Å². The van der Waals surface area contributed by atoms with Gasteiger partial charge in [0.25, 0.3) is 0 Å². The van der Waals surface area contributed by atoms with Gasteiger partial charge in [-0.15, -0.1) is 5.10 Å². The normalized spacial score (nSPS) is 15.2. The number of hydrogen-bond donors (Lipinski definition) is 1. The molecule has 6 heteroatoms. The molecule has 0 atom stereocenters. The monoisotopic (exact) mass is 271 g/mol. The lowest BCUT2D eigenvalue weighted by Crippen LogP contribution is -2.37. The molecule has 1 aliphatic heterocycles. The summed E-state index contributed by atoms with van der Waals surface area (Å²) in [6.07, 6.45) is 1.64. The highest BCUT2D eigenvalue weighted by Crippen LogP contribution is 2.19. The van der Waals surface area contributed by atoms with Crippen LogP contribution in [0.4, 0.5) is 17.5 Å². The maximum absolute atomic E-state index is 5.33. The van der Waals surface area contributed by atoms with Crippen molar-refractivity contribution < 1.29 is 4.74 Å². The summed E-state index contributed by atoms with van der Waals surface area (Å²) >= 11 is 0. The maximum Gasteiger partial charge on any atom is 0.247 e. The largest absolute Gasteiger partial charge is 0.378 e. The smallest absolute Gasteiger partial charge is 0.247 e. The van der Waals surface area contributed by atoms with Gasteiger partial charge >= 0.3 is 0 Å². The summed E-state index contributed by atoms with van der Waals surface area (Å²) in [6, 6.07) is 8.08. The summed E-state index contributed by atoms with van der Waals surface area (Å²) in [5.74, 6) is 1.35. The van der Waals surface area contributed by atoms with Crippen molar-refractivity contribution in [2.75, 3.05) is 36.5 Å². The zero-order chi connectivity index (χ0) is 13.8. The van der Waals surface area contributed by atoms with E-state index in [4.69, 9.17) is 4.74 Å². The first kappa shape index (κ1) is 12.8. The average molecular weight is 271 g/mol. The second kappa shape index (κ2) is 5.83. The first-order chi connectivity index (χ1) is 9.83. The quantitative estimate of drug-likeness (QED) is 0.917. The summed E-state index contributed by atoms with van der Waals surface area (Å²) in [6.45, 7) is 5.07. The van der Waals surface area contributed by atoms with Gasteiger partial charge in [0.2, 0.25) is 5.95 Å². The van der Waals surface area contributed by atoms with Crippen LogP contribution in [0.2, 0.25) is 0 Å². The Morgan fingerprint density at radius 2 is 2.00 bits per heavy atom. The fourth-order valence-electron chi connectivity index (χ4n) is 2.10. The number of aryl methyl sites for hydroxylation is 1. The topological polar surface area (TPSA) is 63.2 Å². The highest BCUT2D eigenvalue weighted by molar-refractivity contribution is 5.60. The molecule has 2 heterocycles. The lowest BCUT2D eigenvalue weighted by atomic mass is 10.2. The van der Waals surface area contributed by atoms with E-state index in [1.807, 2.05) is 18.2 Å². The molecule has 0 amide bonds. The summed E-state index contributed by atoms with van der Waals surface area (Å²) in [4.78, 5) is 6.60. The van der Waals surface area contributed by atoms with E-state index in [1.54, 1.807) is 6.20 Å². The van der Waals surface area contributed by atoms with Crippen LogP contribution < -0.4 is 10.2 Å². The molecule has 0 unspecified atom stereocenters. The highest BCUT2D eigenvalue weighted by atomic mass is 16.5. The lowest BCUT2D eigenvalue weighted by molar-refractivity contribution is 0.122. The Bertz CT molecular complexity index is 583. The molecule has 1 aromatic carbocycles. The summed E-state index contributed by atoms with van der Waals surface area (Å²) in [5, 5.41) is 11.4. The zero-order valence-corrected chi connectivity index (χ0v) is 11.4. The molecule has 1 fully saturated rings. The number of nitrogens with zero attached hydrogens (tertiary/aromatic N) is 4. The van der Waals surface area contributed by atoms with Gasteiger partial charge in [-0.1, -0.05) is 18.2 Å². The Hall–Kier alpha value is -2.21. The van der Waals surface area contributed by atoms with Gasteiger partial charge in [-0.05, 0) is 18.6 Å². The van der Waals surface area contributed by atoms with Crippen LogP contribution in [0, 0.1) is 6.92 Å². The van der Waals surface area contributed by atoms with Crippen molar-refractivity contribution in [3.05, 3.63) is 36.0 Å². The average Bonchev–Trinajstić information content (AvgIpc) is 2.51. The first-order valence-electron chi connectivity index (χ1n) is 6.68. The molecular formula is C14H17N5O. The van der Waals surface area contributed by atoms with Crippen LogP contribution in [-0.2, 0) is 4.74 Å². The first-order valence-corrected chi connectivity index (χ1v) is 6.68. The number of ether oxygens (including phenoxy) is 1. The van der Waals surface area contributed by atoms with Crippen molar-refractivity contribution in [2.45, 2.75) is 6.92 Å². The third kappa shape index (κ3) is 2.85. The second-order valence-electron chi connectivity index (χ2n) is 4.68. The van der Waals surface area contributed by atoms with Gasteiger partial charge in [0, 0.05) is 18.8 Å². The molecule has 1 saturated heterocycles. The summed E-state index contributed by atoms with van der Waals surface area (Å²) in [5.41, 5.74) is 2.19. The van der Waals surface area contributed by atoms with Crippen LogP contribution in [-0.4, -0.2) is 41.5 Å². The summed E-state index contributed by atoms with van der Waals surface area (Å²) < 4.78 is 5.33. The Balaban J connectivity index is 1.79. The summed E-state index contributed by atoms with van der Waals surface area (Å²) in [7, 11) is 0. The molecule has 104 valence electrons. The van der Waals surface area contributed by atoms with Gasteiger partial charge in [-0.25, -0.2) is 0 Å². The molecule has 0 bridgehead atoms. The van der Waals surface area contributed by atoms with E-state index in [0.29, 0.717) is 25.0 Å². The Kier molecular flexibility index (Phi) is 3.73. The minimum absolute atomic E-state index is 0.645. The van der Waals surface area contributed by atoms with Crippen molar-refractivity contribution in [1.82, 2.24) is 15.2 Å². The predicted molar refractivity (Wildman–Crippen MR) is 77.3 cm³/mol. The van der Waals surface area contributed by atoms with Crippen LogP contribution in [0.15, 0.2) is 30.5 Å². The molecule has 20 heavy (non-hydrogen) atoms. The predicted octanol–water partition coefficient (Wildman–Crippen LogP) is 1.76. The number of para-hydroxylation sites is 1. The van der Waals surface area contributed by atoms with Gasteiger partial charge in [0.15, 0.2) is 5.82 Å². The van der Waals surface area contributed by atoms with Crippen LogP contribution in [0.5, 0.6) is 0 Å². The fourth-order valence-corrected chi connectivity index (χ4v) is 2.10. The van der Waals surface area contributed by atoms with Gasteiger partial charge in [-0.2, -0.15) is 10.1 Å². The van der Waals surface area contributed by atoms with Crippen molar-refractivity contribution in [1.29, 1.82) is 0 Å². The van der Waals surface area contributed by atoms with Crippen molar-refractivity contribution >= 4 is 17.5 Å². The molecule has 0 radical (unpaired) electrons. The van der Waals surface area contributed by atoms with E-state index in [2.05, 4.69) is 38.4 Å². The van der Waals surface area contributed by atoms with E-state index < -0.39 is 0 Å². The van der Waals surface area contributed by atoms with E-state index in [1.165, 1.54) is 5.56 Å². The number of hydrogen-bond acceptors (Lipinski definition) is 6. The zero-order valence-electron chi connectivity index (χ0n) is 11.4. The van der Waals surface area contributed by atoms with E-state index in [-0.39, 0.29) is 0 Å². The third-order valence-corrected chi connectivity index (χ3v) is 3.25. The Morgan fingerprint density at radius 3 is 2.80 bits per heavy atom. The third-order valence-electron chi connectivity index (χ3n) is 3.25. The van der Waals surface area contributed by atoms with Crippen LogP contribution in [0.3, 0.4) is 0 Å². The van der Waals surface area contributed by atoms with Crippen LogP contribution in [0.1, 0.15) is 5.56 Å². The van der Waals surface area contributed by atoms with Crippen LogP contribution in [0.25, 0.3) is 0 Å². The van der Waals surface area contributed by atoms with E-state index >= 15 is 0 Å². The molecule has 1 aliphatic rings. The SMILES string of the molecule is Cc1ccccc1Nc1cnnc(N2CCOCC2)n1. The maximum atomic E-state index is 5.33. The number of aromatic nitrogens is 3. The van der Waals surface area contributed by atoms with Gasteiger partial charge in [-0.3, -0.25) is 0 Å². The van der Waals surface area contributed by atoms with Gasteiger partial charge < -0.3 is 15.0 Å². The number of benzene rings is 1. The molecule has 0 spiro atoms. The molecule has 2 aromatic rings. The molecular weight excluding hydrogens is 254 g/mol. The van der Waals surface area contributed by atoms with Crippen molar-refractivity contribution in [2.24, 2.45) is 0 Å². The number of anilines is 3. The number of nitrogens with one attached hydrogen (secondary N) is 1. The molecule has 1 aromatic heterocycles. The van der Waals surface area contributed by atoms with Gasteiger partial charge in [0.1, 0.15) is 0 Å². The second-order valence-corrected chi connectivity index (χ2v) is 4.68. The van der Waals surface area contributed by atoms with E-state index in [0.717, 1.165) is 18.8 Å². The minimum Gasteiger partial charge on any atom is -0.378 e. The molecule has 1 N–H and O–H groups in total. The van der Waals surface area contributed by atoms with Crippen molar-refractivity contribution in [3.63, 3.8) is 0 Å². The van der Waals surface area contributed by atoms with E-state index in [9.17, 15) is 0 Å². The molecule has 0 aliphatic carbocycles. The van der Waals surface area contributed by atoms with Crippen molar-refractivity contribution in [3.8, 4) is 0 Å². The fraction of sp³-hybridized carbons (Fsp3) is 0.357. The molecule has 0 saturated carbocycles. The Labute approximate surface area is 117 Å². The lowest BCUT2D eigenvalue weighted by Gasteiger charge is -2.26. The molecule has 3 rings (SSSR count). The number of rotatable bonds is 3. The Morgan fingerprint density at radius 1 is 1.20 bits per heavy atom. The standard InChI is InChI=1S/C14H17N5O/c1-11-4-2-3-5-12(11)16-13-10-15-18-14(17-13)19-6-8-20-9-7-19/h2-5,10H,6-9H2,1H3,(H,16,17,18).